The van der Waals surface area contributed by atoms with Crippen LogP contribution in [0.2, 0.25) is 0 Å². The lowest BCUT2D eigenvalue weighted by Gasteiger charge is -2.05. The first-order chi connectivity index (χ1) is 8.53. The number of rotatable bonds is 5. The molecule has 0 amide bonds. The van der Waals surface area contributed by atoms with Crippen LogP contribution in [0.15, 0.2) is 32.3 Å². The highest BCUT2D eigenvalue weighted by molar-refractivity contribution is 7.89. The lowest BCUT2D eigenvalue weighted by molar-refractivity contribution is 0.204. The van der Waals surface area contributed by atoms with E-state index in [0.717, 1.165) is 0 Å². The summed E-state index contributed by atoms with van der Waals surface area (Å²) in [4.78, 5) is 13.4. The summed E-state index contributed by atoms with van der Waals surface area (Å²) in [5, 5.41) is 0. The van der Waals surface area contributed by atoms with E-state index >= 15 is 0 Å². The SMILES string of the molecule is COCCNS(=O)(=O)c1ccc2oc(=O)[nH]c2c1. The van der Waals surface area contributed by atoms with Crippen LogP contribution in [0.5, 0.6) is 0 Å². The molecule has 0 aliphatic rings. The zero-order valence-electron chi connectivity index (χ0n) is 9.60. The number of hydrogen-bond donors (Lipinski definition) is 2. The van der Waals surface area contributed by atoms with E-state index in [1.807, 2.05) is 0 Å². The van der Waals surface area contributed by atoms with Gasteiger partial charge in [-0.15, -0.1) is 0 Å². The van der Waals surface area contributed by atoms with Crippen molar-refractivity contribution in [3.05, 3.63) is 28.7 Å². The van der Waals surface area contributed by atoms with Crippen molar-refractivity contribution in [2.24, 2.45) is 0 Å². The molecule has 0 spiro atoms. The second-order valence-electron chi connectivity index (χ2n) is 3.56. The third-order valence-electron chi connectivity index (χ3n) is 2.30. The summed E-state index contributed by atoms with van der Waals surface area (Å²) < 4.78 is 35.7. The van der Waals surface area contributed by atoms with E-state index in [-0.39, 0.29) is 18.0 Å². The topological polar surface area (TPSA) is 101 Å². The Labute approximate surface area is 103 Å². The summed E-state index contributed by atoms with van der Waals surface area (Å²) in [6.07, 6.45) is 0. The monoisotopic (exact) mass is 272 g/mol. The minimum Gasteiger partial charge on any atom is -0.408 e. The largest absolute Gasteiger partial charge is 0.417 e. The van der Waals surface area contributed by atoms with Gasteiger partial charge in [0.2, 0.25) is 10.0 Å². The van der Waals surface area contributed by atoms with Crippen molar-refractivity contribution in [2.45, 2.75) is 4.90 Å². The fourth-order valence-corrected chi connectivity index (χ4v) is 2.50. The van der Waals surface area contributed by atoms with E-state index in [9.17, 15) is 13.2 Å². The van der Waals surface area contributed by atoms with Crippen LogP contribution in [0.25, 0.3) is 11.1 Å². The second-order valence-corrected chi connectivity index (χ2v) is 5.33. The summed E-state index contributed by atoms with van der Waals surface area (Å²) in [5.41, 5.74) is 0.658. The second kappa shape index (κ2) is 4.92. The van der Waals surface area contributed by atoms with Crippen molar-refractivity contribution in [1.29, 1.82) is 0 Å². The third kappa shape index (κ3) is 2.61. The zero-order chi connectivity index (χ0) is 13.2. The van der Waals surface area contributed by atoms with Gasteiger partial charge in [0.1, 0.15) is 0 Å². The van der Waals surface area contributed by atoms with Crippen LogP contribution in [-0.4, -0.2) is 33.7 Å². The van der Waals surface area contributed by atoms with Gasteiger partial charge in [0.05, 0.1) is 17.0 Å². The van der Waals surface area contributed by atoms with Crippen LogP contribution in [0.4, 0.5) is 0 Å². The van der Waals surface area contributed by atoms with Crippen LogP contribution in [0.3, 0.4) is 0 Å². The van der Waals surface area contributed by atoms with Crippen LogP contribution >= 0.6 is 0 Å². The highest BCUT2D eigenvalue weighted by Crippen LogP contribution is 2.15. The van der Waals surface area contributed by atoms with E-state index in [0.29, 0.717) is 11.1 Å². The van der Waals surface area contributed by atoms with Crippen LogP contribution in [-0.2, 0) is 14.8 Å². The number of ether oxygens (including phenoxy) is 1. The number of sulfonamides is 1. The molecule has 1 aromatic carbocycles. The molecule has 18 heavy (non-hydrogen) atoms. The number of aromatic amines is 1. The molecule has 0 atom stereocenters. The van der Waals surface area contributed by atoms with Gasteiger partial charge in [-0.05, 0) is 18.2 Å². The predicted molar refractivity (Wildman–Crippen MR) is 63.9 cm³/mol. The quantitative estimate of drug-likeness (QED) is 0.749. The molecule has 2 N–H and O–H groups in total. The number of oxazole rings is 1. The Balaban J connectivity index is 2.32. The minimum atomic E-state index is -3.61. The van der Waals surface area contributed by atoms with Crippen molar-refractivity contribution in [2.75, 3.05) is 20.3 Å². The van der Waals surface area contributed by atoms with Gasteiger partial charge in [-0.25, -0.2) is 17.9 Å². The molecule has 0 unspecified atom stereocenters. The van der Waals surface area contributed by atoms with Gasteiger partial charge in [0, 0.05) is 13.7 Å². The van der Waals surface area contributed by atoms with Crippen molar-refractivity contribution in [3.63, 3.8) is 0 Å². The maximum atomic E-state index is 11.9. The minimum absolute atomic E-state index is 0.0585. The Bertz CT molecular complexity index is 700. The van der Waals surface area contributed by atoms with E-state index < -0.39 is 15.8 Å². The van der Waals surface area contributed by atoms with Gasteiger partial charge in [-0.1, -0.05) is 0 Å². The molecule has 0 fully saturated rings. The van der Waals surface area contributed by atoms with Crippen LogP contribution in [0.1, 0.15) is 0 Å². The van der Waals surface area contributed by atoms with E-state index in [2.05, 4.69) is 9.71 Å². The molecule has 0 saturated heterocycles. The summed E-state index contributed by atoms with van der Waals surface area (Å²) in [7, 11) is -2.13. The first-order valence-electron chi connectivity index (χ1n) is 5.14. The van der Waals surface area contributed by atoms with Crippen molar-refractivity contribution < 1.29 is 17.6 Å². The molecule has 98 valence electrons. The van der Waals surface area contributed by atoms with Gasteiger partial charge >= 0.3 is 5.76 Å². The average molecular weight is 272 g/mol. The summed E-state index contributed by atoms with van der Waals surface area (Å²) in [6.45, 7) is 0.461. The number of benzene rings is 1. The van der Waals surface area contributed by atoms with E-state index in [1.165, 1.54) is 25.3 Å². The number of fused-ring (bicyclic) bond motifs is 1. The normalized spacial score (nSPS) is 12.1. The number of nitrogens with one attached hydrogen (secondary N) is 2. The Hall–Kier alpha value is -1.64. The summed E-state index contributed by atoms with van der Waals surface area (Å²) in [5.74, 6) is -0.619. The van der Waals surface area contributed by atoms with Gasteiger partial charge in [-0.3, -0.25) is 4.98 Å². The van der Waals surface area contributed by atoms with Gasteiger partial charge in [0.25, 0.3) is 0 Å². The lowest BCUT2D eigenvalue weighted by Crippen LogP contribution is -2.27. The maximum absolute atomic E-state index is 11.9. The molecule has 0 radical (unpaired) electrons. The molecule has 0 aliphatic carbocycles. The zero-order valence-corrected chi connectivity index (χ0v) is 10.4. The Morgan fingerprint density at radius 2 is 2.22 bits per heavy atom. The van der Waals surface area contributed by atoms with Crippen molar-refractivity contribution in [1.82, 2.24) is 9.71 Å². The average Bonchev–Trinajstić information content (AvgIpc) is 2.68. The first kappa shape index (κ1) is 12.8. The standard InChI is InChI=1S/C10H12N2O5S/c1-16-5-4-11-18(14,15)7-2-3-9-8(6-7)12-10(13)17-9/h2-3,6,11H,4-5H2,1H3,(H,12,13). The molecule has 0 bridgehead atoms. The molecule has 2 rings (SSSR count). The highest BCUT2D eigenvalue weighted by Gasteiger charge is 2.14. The number of methoxy groups -OCH3 is 1. The lowest BCUT2D eigenvalue weighted by atomic mass is 10.3. The van der Waals surface area contributed by atoms with Crippen molar-refractivity contribution >= 4 is 21.1 Å². The Morgan fingerprint density at radius 1 is 1.44 bits per heavy atom. The molecule has 7 nitrogen and oxygen atoms in total. The number of aromatic nitrogens is 1. The molecule has 1 heterocycles. The smallest absolute Gasteiger partial charge is 0.408 e. The van der Waals surface area contributed by atoms with E-state index in [1.54, 1.807) is 0 Å². The van der Waals surface area contributed by atoms with E-state index in [4.69, 9.17) is 9.15 Å². The molecule has 1 aromatic heterocycles. The van der Waals surface area contributed by atoms with Crippen LogP contribution < -0.4 is 10.5 Å². The fourth-order valence-electron chi connectivity index (χ4n) is 1.46. The van der Waals surface area contributed by atoms with Gasteiger partial charge in [0.15, 0.2) is 5.58 Å². The highest BCUT2D eigenvalue weighted by atomic mass is 32.2. The third-order valence-corrected chi connectivity index (χ3v) is 3.76. The molecular formula is C10H12N2O5S. The predicted octanol–water partition coefficient (Wildman–Crippen LogP) is 0.0458. The summed E-state index contributed by atoms with van der Waals surface area (Å²) >= 11 is 0. The summed E-state index contributed by atoms with van der Waals surface area (Å²) in [6, 6.07) is 4.14. The molecule has 2 aromatic rings. The first-order valence-corrected chi connectivity index (χ1v) is 6.63. The number of H-pyrrole nitrogens is 1. The molecule has 0 saturated carbocycles. The fraction of sp³-hybridized carbons (Fsp3) is 0.300. The van der Waals surface area contributed by atoms with Crippen LogP contribution in [0, 0.1) is 0 Å². The Kier molecular flexibility index (Phi) is 3.50. The molecule has 0 aliphatic heterocycles. The van der Waals surface area contributed by atoms with Crippen molar-refractivity contribution in [3.8, 4) is 0 Å². The Morgan fingerprint density at radius 3 is 2.94 bits per heavy atom. The maximum Gasteiger partial charge on any atom is 0.417 e. The van der Waals surface area contributed by atoms with Gasteiger partial charge in [-0.2, -0.15) is 0 Å². The molecular weight excluding hydrogens is 260 g/mol. The molecule has 8 heteroatoms. The van der Waals surface area contributed by atoms with Gasteiger partial charge < -0.3 is 9.15 Å². The number of hydrogen-bond acceptors (Lipinski definition) is 5.